The molecule has 0 atom stereocenters. The second-order valence-corrected chi connectivity index (χ2v) is 3.90. The molecule has 0 aromatic carbocycles. The molecule has 0 spiro atoms. The van der Waals surface area contributed by atoms with Crippen LogP contribution in [0.2, 0.25) is 0 Å². The van der Waals surface area contributed by atoms with Crippen LogP contribution in [0.25, 0.3) is 0 Å². The number of hydrogen-bond donors (Lipinski definition) is 2. The van der Waals surface area contributed by atoms with Crippen LogP contribution in [0, 0.1) is 0 Å². The van der Waals surface area contributed by atoms with Gasteiger partial charge in [-0.1, -0.05) is 19.1 Å². The van der Waals surface area contributed by atoms with Gasteiger partial charge in [-0.3, -0.25) is 0 Å². The topological polar surface area (TPSA) is 66.2 Å². The van der Waals surface area contributed by atoms with E-state index in [2.05, 4.69) is 34.4 Å². The third kappa shape index (κ3) is 5.25. The maximum absolute atomic E-state index is 8.75. The predicted octanol–water partition coefficient (Wildman–Crippen LogP) is -0.298. The molecule has 0 unspecified atom stereocenters. The number of nitrogens with one attached hydrogen (secondary N) is 1. The molecule has 0 aliphatic carbocycles. The maximum Gasteiger partial charge on any atom is 0.0964 e. The molecule has 6 heteroatoms. The lowest BCUT2D eigenvalue weighted by Crippen LogP contribution is -2.31. The summed E-state index contributed by atoms with van der Waals surface area (Å²) >= 11 is 0. The first kappa shape index (κ1) is 14.1. The van der Waals surface area contributed by atoms with Crippen LogP contribution in [0.3, 0.4) is 0 Å². The summed E-state index contributed by atoms with van der Waals surface area (Å²) in [6.45, 7) is 9.85. The minimum absolute atomic E-state index is 0.0954. The fourth-order valence-corrected chi connectivity index (χ4v) is 1.62. The van der Waals surface area contributed by atoms with Gasteiger partial charge in [-0.05, 0) is 13.1 Å². The van der Waals surface area contributed by atoms with Crippen molar-refractivity contribution in [2.24, 2.45) is 0 Å². The van der Waals surface area contributed by atoms with Crippen LogP contribution in [0.5, 0.6) is 0 Å². The molecule has 0 aliphatic rings. The van der Waals surface area contributed by atoms with E-state index in [4.69, 9.17) is 5.11 Å². The van der Waals surface area contributed by atoms with E-state index in [0.717, 1.165) is 38.4 Å². The predicted molar refractivity (Wildman–Crippen MR) is 66.6 cm³/mol. The van der Waals surface area contributed by atoms with Gasteiger partial charge in [0.2, 0.25) is 0 Å². The smallest absolute Gasteiger partial charge is 0.0964 e. The molecule has 17 heavy (non-hydrogen) atoms. The van der Waals surface area contributed by atoms with Crippen LogP contribution in [-0.2, 0) is 13.1 Å². The van der Waals surface area contributed by atoms with Gasteiger partial charge in [-0.25, -0.2) is 4.68 Å². The summed E-state index contributed by atoms with van der Waals surface area (Å²) in [5.41, 5.74) is 0.915. The molecular formula is C11H23N5O. The van der Waals surface area contributed by atoms with Crippen molar-refractivity contribution in [1.82, 2.24) is 25.2 Å². The monoisotopic (exact) mass is 241 g/mol. The summed E-state index contributed by atoms with van der Waals surface area (Å²) in [6, 6.07) is 0. The normalized spacial score (nSPS) is 11.3. The Balaban J connectivity index is 2.17. The molecule has 0 saturated heterocycles. The van der Waals surface area contributed by atoms with Crippen molar-refractivity contribution in [3.05, 3.63) is 11.9 Å². The van der Waals surface area contributed by atoms with Crippen molar-refractivity contribution in [2.45, 2.75) is 26.9 Å². The molecule has 0 radical (unpaired) electrons. The van der Waals surface area contributed by atoms with Crippen molar-refractivity contribution >= 4 is 0 Å². The second kappa shape index (κ2) is 8.16. The van der Waals surface area contributed by atoms with Crippen LogP contribution in [0.4, 0.5) is 0 Å². The number of nitrogens with zero attached hydrogens (tertiary/aromatic N) is 4. The van der Waals surface area contributed by atoms with Crippen LogP contribution in [0.15, 0.2) is 6.20 Å². The minimum Gasteiger partial charge on any atom is -0.394 e. The lowest BCUT2D eigenvalue weighted by Gasteiger charge is -2.17. The van der Waals surface area contributed by atoms with E-state index >= 15 is 0 Å². The van der Waals surface area contributed by atoms with Crippen LogP contribution < -0.4 is 5.32 Å². The fourth-order valence-electron chi connectivity index (χ4n) is 1.62. The molecular weight excluding hydrogens is 218 g/mol. The van der Waals surface area contributed by atoms with E-state index in [9.17, 15) is 0 Å². The third-order valence-corrected chi connectivity index (χ3v) is 2.72. The van der Waals surface area contributed by atoms with Crippen molar-refractivity contribution in [1.29, 1.82) is 0 Å². The molecule has 0 aliphatic heterocycles. The van der Waals surface area contributed by atoms with Gasteiger partial charge in [0.1, 0.15) is 0 Å². The molecule has 1 rings (SSSR count). The van der Waals surface area contributed by atoms with Gasteiger partial charge < -0.3 is 15.3 Å². The Labute approximate surface area is 103 Å². The van der Waals surface area contributed by atoms with Gasteiger partial charge in [0.15, 0.2) is 0 Å². The number of aliphatic hydroxyl groups excluding tert-OH is 1. The lowest BCUT2D eigenvalue weighted by atomic mass is 10.4. The van der Waals surface area contributed by atoms with E-state index in [1.165, 1.54) is 0 Å². The van der Waals surface area contributed by atoms with E-state index in [1.54, 1.807) is 4.68 Å². The van der Waals surface area contributed by atoms with Crippen LogP contribution >= 0.6 is 0 Å². The van der Waals surface area contributed by atoms with Gasteiger partial charge in [-0.15, -0.1) is 5.10 Å². The number of likely N-dealkylation sites (N-methyl/N-ethyl adjacent to an activating group) is 1. The number of hydrogen-bond acceptors (Lipinski definition) is 5. The standard InChI is InChI=1S/C11H23N5O/c1-3-15(4-2)6-5-12-9-11-10-16(7-8-17)14-13-11/h10,12,17H,3-9H2,1-2H3. The Morgan fingerprint density at radius 3 is 2.82 bits per heavy atom. The first-order valence-corrected chi connectivity index (χ1v) is 6.23. The zero-order valence-corrected chi connectivity index (χ0v) is 10.8. The molecule has 98 valence electrons. The molecule has 1 aromatic heterocycles. The Morgan fingerprint density at radius 1 is 1.41 bits per heavy atom. The third-order valence-electron chi connectivity index (χ3n) is 2.72. The average Bonchev–Trinajstić information content (AvgIpc) is 2.78. The largest absolute Gasteiger partial charge is 0.394 e. The average molecular weight is 241 g/mol. The fraction of sp³-hybridized carbons (Fsp3) is 0.818. The first-order valence-electron chi connectivity index (χ1n) is 6.23. The van der Waals surface area contributed by atoms with Crippen molar-refractivity contribution in [3.8, 4) is 0 Å². The van der Waals surface area contributed by atoms with Crippen molar-refractivity contribution in [3.63, 3.8) is 0 Å². The minimum atomic E-state index is 0.0954. The van der Waals surface area contributed by atoms with Gasteiger partial charge in [-0.2, -0.15) is 0 Å². The highest BCUT2D eigenvalue weighted by Gasteiger charge is 2.01. The number of aliphatic hydroxyl groups is 1. The summed E-state index contributed by atoms with van der Waals surface area (Å²) < 4.78 is 1.65. The van der Waals surface area contributed by atoms with Gasteiger partial charge in [0, 0.05) is 25.8 Å². The summed E-state index contributed by atoms with van der Waals surface area (Å²) in [6.07, 6.45) is 1.86. The zero-order chi connectivity index (χ0) is 12.5. The highest BCUT2D eigenvalue weighted by Crippen LogP contribution is 1.92. The zero-order valence-electron chi connectivity index (χ0n) is 10.8. The van der Waals surface area contributed by atoms with E-state index < -0.39 is 0 Å². The molecule has 1 aromatic rings. The molecule has 6 nitrogen and oxygen atoms in total. The molecule has 0 fully saturated rings. The van der Waals surface area contributed by atoms with Crippen LogP contribution in [0.1, 0.15) is 19.5 Å². The second-order valence-electron chi connectivity index (χ2n) is 3.90. The Morgan fingerprint density at radius 2 is 2.18 bits per heavy atom. The molecule has 1 heterocycles. The highest BCUT2D eigenvalue weighted by atomic mass is 16.3. The van der Waals surface area contributed by atoms with Crippen molar-refractivity contribution in [2.75, 3.05) is 32.8 Å². The summed E-state index contributed by atoms with van der Waals surface area (Å²) in [5.74, 6) is 0. The molecule has 0 saturated carbocycles. The van der Waals surface area contributed by atoms with E-state index in [0.29, 0.717) is 6.54 Å². The molecule has 2 N–H and O–H groups in total. The quantitative estimate of drug-likeness (QED) is 0.581. The Hall–Kier alpha value is -0.980. The molecule has 0 amide bonds. The van der Waals surface area contributed by atoms with Gasteiger partial charge in [0.05, 0.1) is 18.8 Å². The Kier molecular flexibility index (Phi) is 6.76. The number of rotatable bonds is 9. The van der Waals surface area contributed by atoms with E-state index in [-0.39, 0.29) is 6.61 Å². The van der Waals surface area contributed by atoms with Gasteiger partial charge >= 0.3 is 0 Å². The summed E-state index contributed by atoms with van der Waals surface area (Å²) in [4.78, 5) is 2.37. The first-order chi connectivity index (χ1) is 8.30. The highest BCUT2D eigenvalue weighted by molar-refractivity contribution is 4.91. The van der Waals surface area contributed by atoms with E-state index in [1.807, 2.05) is 6.20 Å². The lowest BCUT2D eigenvalue weighted by molar-refractivity contribution is 0.268. The maximum atomic E-state index is 8.75. The SMILES string of the molecule is CCN(CC)CCNCc1cn(CCO)nn1. The summed E-state index contributed by atoms with van der Waals surface area (Å²) in [5, 5.41) is 20.0. The summed E-state index contributed by atoms with van der Waals surface area (Å²) in [7, 11) is 0. The number of aromatic nitrogens is 3. The Bertz CT molecular complexity index is 298. The van der Waals surface area contributed by atoms with Crippen molar-refractivity contribution < 1.29 is 5.11 Å². The van der Waals surface area contributed by atoms with Gasteiger partial charge in [0.25, 0.3) is 0 Å². The molecule has 0 bridgehead atoms. The van der Waals surface area contributed by atoms with Crippen LogP contribution in [-0.4, -0.2) is 57.8 Å².